The molecule has 156 valence electrons. The molecule has 0 aliphatic carbocycles. The number of hydrogen-bond acceptors (Lipinski definition) is 4. The number of amides is 1. The fraction of sp³-hybridized carbons (Fsp3) is 0.348. The zero-order chi connectivity index (χ0) is 20.7. The molecular formula is C23H30N5OU+. The van der Waals surface area contributed by atoms with E-state index in [9.17, 15) is 0 Å². The first-order valence-electron chi connectivity index (χ1n) is 9.96. The summed E-state index contributed by atoms with van der Waals surface area (Å²) in [5, 5.41) is 6.23. The molecule has 0 aromatic heterocycles. The van der Waals surface area contributed by atoms with Crippen molar-refractivity contribution in [2.75, 3.05) is 26.2 Å². The van der Waals surface area contributed by atoms with Crippen LogP contribution >= 0.6 is 0 Å². The summed E-state index contributed by atoms with van der Waals surface area (Å²) in [5.74, 6) is 6.20. The summed E-state index contributed by atoms with van der Waals surface area (Å²) < 4.78 is 0. The molecule has 6 nitrogen and oxygen atoms in total. The van der Waals surface area contributed by atoms with Crippen LogP contribution in [0.4, 0.5) is 5.69 Å². The van der Waals surface area contributed by atoms with Gasteiger partial charge in [-0.2, -0.15) is 47.4 Å². The Hall–Kier alpha value is -1.94. The summed E-state index contributed by atoms with van der Waals surface area (Å²) in [6.45, 7) is 5.42. The molecule has 3 rings (SSSR count). The van der Waals surface area contributed by atoms with Crippen LogP contribution in [-0.4, -0.2) is 49.4 Å². The topological polar surface area (TPSA) is 84.7 Å². The first-order chi connectivity index (χ1) is 14.3. The minimum Gasteiger partial charge on any atom is -0.530 e. The Morgan fingerprint density at radius 1 is 1.30 bits per heavy atom. The molecule has 2 aromatic rings. The van der Waals surface area contributed by atoms with Gasteiger partial charge in [-0.25, -0.2) is 4.99 Å². The third kappa shape index (κ3) is 9.71. The van der Waals surface area contributed by atoms with Gasteiger partial charge in [0.1, 0.15) is 5.71 Å². The molecule has 1 heterocycles. The molecule has 0 unspecified atom stereocenters. The van der Waals surface area contributed by atoms with Crippen molar-refractivity contribution in [3.05, 3.63) is 66.2 Å². The van der Waals surface area contributed by atoms with E-state index in [-0.39, 0.29) is 31.1 Å². The van der Waals surface area contributed by atoms with Crippen LogP contribution < -0.4 is 16.2 Å². The maximum Gasteiger partial charge on any atom is 2.00 e. The van der Waals surface area contributed by atoms with Crippen molar-refractivity contribution in [3.63, 3.8) is 0 Å². The predicted molar refractivity (Wildman–Crippen MR) is 118 cm³/mol. The van der Waals surface area contributed by atoms with E-state index in [4.69, 9.17) is 10.6 Å². The molecule has 4 N–H and O–H groups in total. The number of hydrazone groups is 1. The zero-order valence-corrected chi connectivity index (χ0v) is 21.6. The van der Waals surface area contributed by atoms with Crippen molar-refractivity contribution in [1.29, 1.82) is 0 Å². The summed E-state index contributed by atoms with van der Waals surface area (Å²) in [7, 11) is 0. The van der Waals surface area contributed by atoms with Gasteiger partial charge in [-0.15, -0.1) is 0 Å². The number of rotatable bonds is 7. The number of piperidine rings is 1. The standard InChI is InChI=1S/C20H23N4.C3H6NO.U/c21-23-20(15-22-19-9-5-2-6-10-19)16-24-13-11-18(12-14-24)17-7-3-1-4-8-17;1-2-4-3-5;/h1-3,5-10,15,18H,11-14,16,21H2;2H2,1H3,(H,4,5);/q2*-1;+2/p+1. The van der Waals surface area contributed by atoms with Gasteiger partial charge in [-0.3, -0.25) is 4.90 Å². The summed E-state index contributed by atoms with van der Waals surface area (Å²) in [6.07, 6.45) is 5.75. The normalized spacial score (nSPS) is 15.0. The van der Waals surface area contributed by atoms with Crippen molar-refractivity contribution >= 4 is 24.0 Å². The van der Waals surface area contributed by atoms with Crippen LogP contribution in [0, 0.1) is 37.2 Å². The van der Waals surface area contributed by atoms with Crippen molar-refractivity contribution in [2.24, 2.45) is 10.9 Å². The van der Waals surface area contributed by atoms with E-state index in [0.29, 0.717) is 12.5 Å². The van der Waals surface area contributed by atoms with Crippen LogP contribution in [0.15, 0.2) is 59.7 Å². The molecule has 1 aliphatic heterocycles. The SMILES string of the molecule is CCN[C-]=O.NN=C(C=[NH+]c1ccccc1)CN1CCC(c2c[c-]ccc2)CC1.[U+2]. The van der Waals surface area contributed by atoms with Crippen LogP contribution in [-0.2, 0) is 4.79 Å². The average molecular weight is 631 g/mol. The van der Waals surface area contributed by atoms with E-state index in [1.807, 2.05) is 49.5 Å². The molecule has 1 amide bonds. The van der Waals surface area contributed by atoms with Crippen LogP contribution in [0.2, 0.25) is 0 Å². The number of benzene rings is 2. The molecule has 1 aliphatic rings. The van der Waals surface area contributed by atoms with Crippen LogP contribution in [0.3, 0.4) is 0 Å². The first-order valence-corrected chi connectivity index (χ1v) is 9.96. The quantitative estimate of drug-likeness (QED) is 0.141. The summed E-state index contributed by atoms with van der Waals surface area (Å²) in [5.41, 5.74) is 3.31. The minimum atomic E-state index is 0. The third-order valence-electron chi connectivity index (χ3n) is 4.77. The van der Waals surface area contributed by atoms with Gasteiger partial charge in [-0.05, 0) is 32.5 Å². The van der Waals surface area contributed by atoms with Crippen molar-refractivity contribution < 1.29 is 40.9 Å². The molecule has 0 atom stereocenters. The molecule has 0 saturated carbocycles. The predicted octanol–water partition coefficient (Wildman–Crippen LogP) is 1.13. The Morgan fingerprint density at radius 3 is 2.57 bits per heavy atom. The Bertz CT molecular complexity index is 760. The van der Waals surface area contributed by atoms with Gasteiger partial charge in [0.15, 0.2) is 6.21 Å². The van der Waals surface area contributed by atoms with Crippen LogP contribution in [0.1, 0.15) is 31.2 Å². The maximum atomic E-state index is 9.17. The van der Waals surface area contributed by atoms with E-state index >= 15 is 0 Å². The number of nitrogens with zero attached hydrogens (tertiary/aromatic N) is 2. The second-order valence-corrected chi connectivity index (χ2v) is 6.79. The number of nitrogens with two attached hydrogens (primary N) is 1. The van der Waals surface area contributed by atoms with E-state index in [0.717, 1.165) is 31.0 Å². The Labute approximate surface area is 203 Å². The van der Waals surface area contributed by atoms with Gasteiger partial charge in [0.25, 0.3) is 0 Å². The Kier molecular flexibility index (Phi) is 13.8. The van der Waals surface area contributed by atoms with E-state index in [2.05, 4.69) is 44.6 Å². The number of carbonyl (C=O) groups excluding carboxylic acids is 1. The van der Waals surface area contributed by atoms with Gasteiger partial charge in [-0.1, -0.05) is 31.0 Å². The number of likely N-dealkylation sites (tertiary alicyclic amines) is 1. The smallest absolute Gasteiger partial charge is 0.530 e. The molecule has 1 saturated heterocycles. The number of hydrogen-bond donors (Lipinski definition) is 3. The molecule has 0 bridgehead atoms. The van der Waals surface area contributed by atoms with Gasteiger partial charge in [0.2, 0.25) is 5.69 Å². The largest absolute Gasteiger partial charge is 2.00 e. The second kappa shape index (κ2) is 15.8. The maximum absolute atomic E-state index is 9.17. The van der Waals surface area contributed by atoms with Crippen LogP contribution in [0.25, 0.3) is 0 Å². The van der Waals surface area contributed by atoms with Gasteiger partial charge >= 0.3 is 31.1 Å². The molecule has 30 heavy (non-hydrogen) atoms. The van der Waals surface area contributed by atoms with Crippen molar-refractivity contribution in [1.82, 2.24) is 10.2 Å². The fourth-order valence-corrected chi connectivity index (χ4v) is 3.21. The Balaban J connectivity index is 0.000000674. The minimum absolute atomic E-state index is 0. The monoisotopic (exact) mass is 630 g/mol. The molecule has 1 fully saturated rings. The Morgan fingerprint density at radius 2 is 2.03 bits per heavy atom. The molecule has 0 radical (unpaired) electrons. The first kappa shape index (κ1) is 26.1. The second-order valence-electron chi connectivity index (χ2n) is 6.79. The van der Waals surface area contributed by atoms with Gasteiger partial charge < -0.3 is 16.0 Å². The van der Waals surface area contributed by atoms with Gasteiger partial charge in [0.05, 0.1) is 0 Å². The molecule has 7 heteroatoms. The fourth-order valence-electron chi connectivity index (χ4n) is 3.21. The van der Waals surface area contributed by atoms with E-state index < -0.39 is 0 Å². The third-order valence-corrected chi connectivity index (χ3v) is 4.77. The summed E-state index contributed by atoms with van der Waals surface area (Å²) in [6, 6.07) is 21.6. The molecule has 2 aromatic carbocycles. The van der Waals surface area contributed by atoms with Crippen molar-refractivity contribution in [2.45, 2.75) is 25.7 Å². The number of nitrogens with one attached hydrogen (secondary N) is 2. The number of para-hydroxylation sites is 1. The summed E-state index contributed by atoms with van der Waals surface area (Å²) in [4.78, 5) is 14.8. The molecular weight excluding hydrogens is 600 g/mol. The van der Waals surface area contributed by atoms with E-state index in [1.54, 1.807) is 0 Å². The zero-order valence-electron chi connectivity index (χ0n) is 17.5. The van der Waals surface area contributed by atoms with Crippen LogP contribution in [0.5, 0.6) is 0 Å². The average Bonchev–Trinajstić information content (AvgIpc) is 2.79. The molecule has 0 spiro atoms. The summed E-state index contributed by atoms with van der Waals surface area (Å²) >= 11 is 0. The van der Waals surface area contributed by atoms with Crippen molar-refractivity contribution in [3.8, 4) is 0 Å². The van der Waals surface area contributed by atoms with E-state index in [1.165, 1.54) is 24.8 Å². The van der Waals surface area contributed by atoms with Gasteiger partial charge in [0, 0.05) is 18.7 Å².